The number of rotatable bonds is 3. The van der Waals surface area contributed by atoms with Crippen molar-refractivity contribution in [3.05, 3.63) is 42.0 Å². The Kier molecular flexibility index (Phi) is 7.38. The van der Waals surface area contributed by atoms with E-state index < -0.39 is 0 Å². The first-order chi connectivity index (χ1) is 9.27. The van der Waals surface area contributed by atoms with E-state index in [0.717, 1.165) is 43.1 Å². The van der Waals surface area contributed by atoms with E-state index in [0.29, 0.717) is 5.56 Å². The van der Waals surface area contributed by atoms with Crippen molar-refractivity contribution in [2.24, 2.45) is 5.92 Å². The summed E-state index contributed by atoms with van der Waals surface area (Å²) >= 11 is 1.06. The maximum absolute atomic E-state index is 11.9. The Morgan fingerprint density at radius 2 is 1.68 bits per heavy atom. The topological polar surface area (TPSA) is 54.4 Å². The zero-order valence-corrected chi connectivity index (χ0v) is 12.2. The quantitative estimate of drug-likeness (QED) is 0.685. The van der Waals surface area contributed by atoms with Crippen molar-refractivity contribution in [3.63, 3.8) is 0 Å². The molecule has 0 bridgehead atoms. The fraction of sp³-hybridized carbons (Fsp3) is 0.400. The predicted octanol–water partition coefficient (Wildman–Crippen LogP) is 3.61. The van der Waals surface area contributed by atoms with Gasteiger partial charge in [-0.2, -0.15) is 0 Å². The van der Waals surface area contributed by atoms with Gasteiger partial charge in [0.25, 0.3) is 0 Å². The molecule has 1 aromatic carbocycles. The summed E-state index contributed by atoms with van der Waals surface area (Å²) < 4.78 is 8.19. The number of carbonyl (C=O) groups is 1. The predicted molar refractivity (Wildman–Crippen MR) is 69.3 cm³/mol. The van der Waals surface area contributed by atoms with Crippen LogP contribution in [0.4, 0.5) is 0 Å². The zero-order valence-electron chi connectivity index (χ0n) is 10.8. The average molecular weight is 297 g/mol. The number of carbonyl (C=O) groups excluding carboxylic acids is 1. The normalized spacial score (nSPS) is 16.3. The van der Waals surface area contributed by atoms with Crippen LogP contribution in [0, 0.1) is 5.92 Å². The van der Waals surface area contributed by atoms with E-state index >= 15 is 0 Å². The Balaban J connectivity index is 0.000000861. The number of aliphatic hydroxyl groups is 1. The van der Waals surface area contributed by atoms with Gasteiger partial charge in [0.05, 0.1) is 0 Å². The molecule has 0 saturated heterocycles. The molecule has 0 atom stereocenters. The molecule has 1 N–H and O–H groups in total. The molecule has 0 aliphatic heterocycles. The van der Waals surface area contributed by atoms with E-state index in [4.69, 9.17) is 3.67 Å². The molecule has 101 valence electrons. The summed E-state index contributed by atoms with van der Waals surface area (Å²) in [5.74, 6) is 0.279. The number of hydrogen-bond acceptors (Lipinski definition) is 3. The van der Waals surface area contributed by atoms with Gasteiger partial charge in [-0.15, -0.1) is 0 Å². The molecule has 0 amide bonds. The van der Waals surface area contributed by atoms with E-state index in [2.05, 4.69) is 0 Å². The van der Waals surface area contributed by atoms with Crippen molar-refractivity contribution in [2.45, 2.75) is 32.1 Å². The molecule has 4 heteroatoms. The van der Waals surface area contributed by atoms with Crippen molar-refractivity contribution in [2.75, 3.05) is 0 Å². The van der Waals surface area contributed by atoms with Gasteiger partial charge in [-0.1, -0.05) is 49.6 Å². The second-order valence-corrected chi connectivity index (χ2v) is 4.63. The molecule has 2 rings (SSSR count). The monoisotopic (exact) mass is 297 g/mol. The number of allylic oxidation sites excluding steroid dienone is 1. The summed E-state index contributed by atoms with van der Waals surface area (Å²) in [6.45, 7) is 0. The fourth-order valence-corrected chi connectivity index (χ4v) is 2.33. The van der Waals surface area contributed by atoms with Crippen LogP contribution < -0.4 is 0 Å². The van der Waals surface area contributed by atoms with Crippen molar-refractivity contribution in [3.8, 4) is 0 Å². The van der Waals surface area contributed by atoms with Crippen LogP contribution in [0.2, 0.25) is 0 Å². The Bertz CT molecular complexity index is 422. The molecule has 0 radical (unpaired) electrons. The molecular weight excluding hydrogens is 279 g/mol. The Hall–Kier alpha value is -1.19. The number of hydrogen-bond donors (Lipinski definition) is 1. The van der Waals surface area contributed by atoms with Gasteiger partial charge in [-0.3, -0.25) is 4.79 Å². The van der Waals surface area contributed by atoms with Crippen LogP contribution in [0.25, 0.3) is 5.76 Å². The third kappa shape index (κ3) is 5.13. The maximum atomic E-state index is 11.9. The molecule has 0 aromatic heterocycles. The van der Waals surface area contributed by atoms with E-state index in [9.17, 15) is 9.90 Å². The molecule has 1 fully saturated rings. The van der Waals surface area contributed by atoms with Gasteiger partial charge in [-0.25, -0.2) is 0 Å². The summed E-state index contributed by atoms with van der Waals surface area (Å²) in [4.78, 5) is 11.9. The van der Waals surface area contributed by atoms with Crippen LogP contribution in [0.5, 0.6) is 0 Å². The zero-order chi connectivity index (χ0) is 14.1. The molecule has 1 aliphatic rings. The van der Waals surface area contributed by atoms with Gasteiger partial charge in [0.1, 0.15) is 5.76 Å². The summed E-state index contributed by atoms with van der Waals surface area (Å²) in [6, 6.07) is 9.20. The molecule has 0 spiro atoms. The second kappa shape index (κ2) is 8.84. The van der Waals surface area contributed by atoms with E-state index in [-0.39, 0.29) is 17.5 Å². The number of ketones is 1. The first kappa shape index (κ1) is 15.9. The van der Waals surface area contributed by atoms with Crippen LogP contribution in [-0.4, -0.2) is 10.9 Å². The third-order valence-corrected chi connectivity index (χ3v) is 3.36. The van der Waals surface area contributed by atoms with Gasteiger partial charge in [0.2, 0.25) is 0 Å². The molecule has 19 heavy (non-hydrogen) atoms. The average Bonchev–Trinajstić information content (AvgIpc) is 2.51. The SMILES string of the molecule is O=C(/C=C(\O)c1ccccc1)C1CCCCC1.[O]=[V]. The molecule has 1 aliphatic carbocycles. The summed E-state index contributed by atoms with van der Waals surface area (Å²) in [5, 5.41) is 9.86. The van der Waals surface area contributed by atoms with Crippen LogP contribution in [-0.2, 0) is 25.8 Å². The van der Waals surface area contributed by atoms with Gasteiger partial charge in [0.15, 0.2) is 5.78 Å². The van der Waals surface area contributed by atoms with Gasteiger partial charge in [0, 0.05) is 17.6 Å². The van der Waals surface area contributed by atoms with Crippen molar-refractivity contribution >= 4 is 11.5 Å². The standard InChI is InChI=1S/C15H18O2.O.V/c16-14(12-7-3-1-4-8-12)11-15(17)13-9-5-2-6-10-13;;/h1,3-4,7-8,11,13,16H,2,5-6,9-10H2;;/b14-11-;;. The molecule has 1 saturated carbocycles. The van der Waals surface area contributed by atoms with E-state index in [1.165, 1.54) is 12.5 Å². The summed E-state index contributed by atoms with van der Waals surface area (Å²) in [7, 11) is 0. The van der Waals surface area contributed by atoms with Gasteiger partial charge < -0.3 is 5.11 Å². The number of benzene rings is 1. The van der Waals surface area contributed by atoms with Crippen LogP contribution in [0.1, 0.15) is 37.7 Å². The third-order valence-electron chi connectivity index (χ3n) is 3.36. The minimum absolute atomic E-state index is 0.0750. The molecule has 0 heterocycles. The second-order valence-electron chi connectivity index (χ2n) is 4.63. The first-order valence-corrected chi connectivity index (χ1v) is 7.02. The molecule has 1 aromatic rings. The van der Waals surface area contributed by atoms with Gasteiger partial charge in [-0.05, 0) is 12.8 Å². The van der Waals surface area contributed by atoms with Crippen molar-refractivity contribution in [1.82, 2.24) is 0 Å². The van der Waals surface area contributed by atoms with E-state index in [1.54, 1.807) is 12.1 Å². The summed E-state index contributed by atoms with van der Waals surface area (Å²) in [5.41, 5.74) is 0.705. The molecular formula is C15H18O3V. The first-order valence-electron chi connectivity index (χ1n) is 6.45. The van der Waals surface area contributed by atoms with Crippen molar-refractivity contribution < 1.29 is 30.9 Å². The van der Waals surface area contributed by atoms with Crippen LogP contribution in [0.3, 0.4) is 0 Å². The van der Waals surface area contributed by atoms with Crippen molar-refractivity contribution in [1.29, 1.82) is 0 Å². The van der Waals surface area contributed by atoms with Gasteiger partial charge >= 0.3 is 21.0 Å². The Morgan fingerprint density at radius 1 is 1.11 bits per heavy atom. The summed E-state index contributed by atoms with van der Waals surface area (Å²) in [6.07, 6.45) is 6.84. The van der Waals surface area contributed by atoms with Crippen LogP contribution >= 0.6 is 0 Å². The minimum atomic E-state index is 0.0750. The molecule has 3 nitrogen and oxygen atoms in total. The number of aliphatic hydroxyl groups excluding tert-OH is 1. The van der Waals surface area contributed by atoms with E-state index in [1.807, 2.05) is 18.2 Å². The van der Waals surface area contributed by atoms with Crippen LogP contribution in [0.15, 0.2) is 36.4 Å². The Labute approximate surface area is 122 Å². The Morgan fingerprint density at radius 3 is 2.26 bits per heavy atom. The molecule has 0 unspecified atom stereocenters. The fourth-order valence-electron chi connectivity index (χ4n) is 2.33.